The molecule has 2 N–H and O–H groups in total. The summed E-state index contributed by atoms with van der Waals surface area (Å²) in [5, 5.41) is 6.47. The molecule has 2 aromatic rings. The first-order chi connectivity index (χ1) is 13.3. The first-order valence-electron chi connectivity index (χ1n) is 9.36. The summed E-state index contributed by atoms with van der Waals surface area (Å²) in [6.07, 6.45) is 2.86. The highest BCUT2D eigenvalue weighted by molar-refractivity contribution is 7.90. The van der Waals surface area contributed by atoms with Crippen molar-refractivity contribution < 1.29 is 12.8 Å². The average molecular weight is 406 g/mol. The van der Waals surface area contributed by atoms with E-state index in [1.54, 1.807) is 31.2 Å². The number of aliphatic imine (C=N–C) groups is 1. The number of nitrogens with zero attached hydrogens (tertiary/aromatic N) is 1. The minimum atomic E-state index is -3.21. The molecule has 0 radical (unpaired) electrons. The molecule has 0 amide bonds. The summed E-state index contributed by atoms with van der Waals surface area (Å²) in [6.45, 7) is 5.69. The van der Waals surface area contributed by atoms with E-state index in [2.05, 4.69) is 15.6 Å². The number of sulfone groups is 1. The van der Waals surface area contributed by atoms with Crippen LogP contribution in [0.3, 0.4) is 0 Å². The molecule has 0 saturated heterocycles. The minimum Gasteiger partial charge on any atom is -0.357 e. The van der Waals surface area contributed by atoms with Gasteiger partial charge in [0.05, 0.1) is 11.4 Å². The Morgan fingerprint density at radius 1 is 1.11 bits per heavy atom. The van der Waals surface area contributed by atoms with E-state index in [0.29, 0.717) is 23.9 Å². The Morgan fingerprint density at radius 3 is 2.54 bits per heavy atom. The van der Waals surface area contributed by atoms with E-state index in [4.69, 9.17) is 0 Å². The van der Waals surface area contributed by atoms with Crippen molar-refractivity contribution in [2.24, 2.45) is 4.99 Å². The molecule has 0 bridgehead atoms. The Morgan fingerprint density at radius 2 is 1.89 bits per heavy atom. The van der Waals surface area contributed by atoms with E-state index >= 15 is 0 Å². The average Bonchev–Trinajstić information content (AvgIpc) is 2.62. The van der Waals surface area contributed by atoms with Gasteiger partial charge in [-0.05, 0) is 61.6 Å². The summed E-state index contributed by atoms with van der Waals surface area (Å²) in [6, 6.07) is 11.9. The molecule has 5 nitrogen and oxygen atoms in total. The van der Waals surface area contributed by atoms with Crippen molar-refractivity contribution in [1.29, 1.82) is 0 Å². The molecule has 0 saturated carbocycles. The van der Waals surface area contributed by atoms with E-state index in [1.807, 2.05) is 19.1 Å². The second kappa shape index (κ2) is 10.2. The number of halogens is 1. The van der Waals surface area contributed by atoms with Gasteiger partial charge in [0.25, 0.3) is 0 Å². The van der Waals surface area contributed by atoms with Crippen LogP contribution in [-0.4, -0.2) is 33.7 Å². The zero-order valence-corrected chi connectivity index (χ0v) is 17.4. The Hall–Kier alpha value is -2.41. The van der Waals surface area contributed by atoms with Crippen LogP contribution in [0.15, 0.2) is 52.4 Å². The Balaban J connectivity index is 1.92. The zero-order valence-electron chi connectivity index (χ0n) is 16.6. The minimum absolute atomic E-state index is 0.211. The fourth-order valence-electron chi connectivity index (χ4n) is 2.93. The maximum absolute atomic E-state index is 13.2. The standard InChI is InChI=1S/C21H28FN3O2S/c1-4-23-21(24-12-6-8-17-7-5-9-19(22)14-17)25-15-18-10-11-20(16(2)13-18)28(3,26)27/h5,7,9-11,13-14H,4,6,8,12,15H2,1-3H3,(H2,23,24,25). The van der Waals surface area contributed by atoms with Crippen LogP contribution < -0.4 is 10.6 Å². The predicted molar refractivity (Wildman–Crippen MR) is 112 cm³/mol. The molecule has 0 unspecified atom stereocenters. The molecule has 0 spiro atoms. The van der Waals surface area contributed by atoms with Crippen molar-refractivity contribution in [3.8, 4) is 0 Å². The monoisotopic (exact) mass is 405 g/mol. The van der Waals surface area contributed by atoms with Crippen LogP contribution in [0.5, 0.6) is 0 Å². The van der Waals surface area contributed by atoms with Crippen LogP contribution in [0.4, 0.5) is 4.39 Å². The first-order valence-corrected chi connectivity index (χ1v) is 11.2. The van der Waals surface area contributed by atoms with Gasteiger partial charge in [0.1, 0.15) is 5.82 Å². The van der Waals surface area contributed by atoms with E-state index in [-0.39, 0.29) is 5.82 Å². The fraction of sp³-hybridized carbons (Fsp3) is 0.381. The van der Waals surface area contributed by atoms with Crippen molar-refractivity contribution in [3.05, 3.63) is 65.0 Å². The highest BCUT2D eigenvalue weighted by Crippen LogP contribution is 2.17. The van der Waals surface area contributed by atoms with Crippen molar-refractivity contribution >= 4 is 15.8 Å². The topological polar surface area (TPSA) is 70.6 Å². The Bertz CT molecular complexity index is 927. The molecule has 7 heteroatoms. The summed E-state index contributed by atoms with van der Waals surface area (Å²) in [5.41, 5.74) is 2.65. The van der Waals surface area contributed by atoms with Crippen LogP contribution in [0.2, 0.25) is 0 Å². The van der Waals surface area contributed by atoms with Gasteiger partial charge in [0.15, 0.2) is 15.8 Å². The lowest BCUT2D eigenvalue weighted by Crippen LogP contribution is -2.37. The van der Waals surface area contributed by atoms with Gasteiger partial charge >= 0.3 is 0 Å². The quantitative estimate of drug-likeness (QED) is 0.402. The van der Waals surface area contributed by atoms with Crippen LogP contribution in [0.1, 0.15) is 30.0 Å². The Kier molecular flexibility index (Phi) is 7.99. The predicted octanol–water partition coefficient (Wildman–Crippen LogP) is 3.23. The molecule has 0 aliphatic carbocycles. The molecule has 28 heavy (non-hydrogen) atoms. The molecule has 2 rings (SSSR count). The smallest absolute Gasteiger partial charge is 0.191 e. The molecule has 0 atom stereocenters. The second-order valence-corrected chi connectivity index (χ2v) is 8.71. The molecule has 2 aromatic carbocycles. The maximum atomic E-state index is 13.2. The van der Waals surface area contributed by atoms with Gasteiger partial charge in [0, 0.05) is 19.3 Å². The van der Waals surface area contributed by atoms with Crippen LogP contribution in [-0.2, 0) is 22.8 Å². The third-order valence-electron chi connectivity index (χ3n) is 4.23. The highest BCUT2D eigenvalue weighted by atomic mass is 32.2. The Labute approximate surface area is 167 Å². The number of nitrogens with one attached hydrogen (secondary N) is 2. The van der Waals surface area contributed by atoms with Gasteiger partial charge in [-0.1, -0.05) is 24.3 Å². The normalized spacial score (nSPS) is 12.1. The van der Waals surface area contributed by atoms with Gasteiger partial charge in [-0.2, -0.15) is 0 Å². The van der Waals surface area contributed by atoms with E-state index in [9.17, 15) is 12.8 Å². The summed E-state index contributed by atoms with van der Waals surface area (Å²) < 4.78 is 36.6. The van der Waals surface area contributed by atoms with Gasteiger partial charge in [-0.3, -0.25) is 0 Å². The number of rotatable bonds is 8. The molecular formula is C21H28FN3O2S. The SMILES string of the molecule is CCNC(=NCc1ccc(S(C)(=O)=O)c(C)c1)NCCCc1cccc(F)c1. The van der Waals surface area contributed by atoms with Gasteiger partial charge in [-0.15, -0.1) is 0 Å². The first kappa shape index (κ1) is 21.9. The van der Waals surface area contributed by atoms with Crippen LogP contribution >= 0.6 is 0 Å². The largest absolute Gasteiger partial charge is 0.357 e. The number of hydrogen-bond acceptors (Lipinski definition) is 3. The molecule has 0 aromatic heterocycles. The van der Waals surface area contributed by atoms with E-state index in [1.165, 1.54) is 12.3 Å². The molecule has 0 fully saturated rings. The summed E-state index contributed by atoms with van der Waals surface area (Å²) >= 11 is 0. The van der Waals surface area contributed by atoms with Gasteiger partial charge < -0.3 is 10.6 Å². The number of aryl methyl sites for hydroxylation is 2. The summed E-state index contributed by atoms with van der Waals surface area (Å²) in [5.74, 6) is 0.490. The zero-order chi connectivity index (χ0) is 20.6. The number of hydrogen-bond donors (Lipinski definition) is 2. The lowest BCUT2D eigenvalue weighted by Gasteiger charge is -2.12. The van der Waals surface area contributed by atoms with Crippen LogP contribution in [0, 0.1) is 12.7 Å². The maximum Gasteiger partial charge on any atom is 0.191 e. The van der Waals surface area contributed by atoms with Gasteiger partial charge in [-0.25, -0.2) is 17.8 Å². The van der Waals surface area contributed by atoms with Crippen LogP contribution in [0.25, 0.3) is 0 Å². The van der Waals surface area contributed by atoms with Crippen molar-refractivity contribution in [1.82, 2.24) is 10.6 Å². The molecular weight excluding hydrogens is 377 g/mol. The second-order valence-electron chi connectivity index (χ2n) is 6.73. The van der Waals surface area contributed by atoms with Crippen molar-refractivity contribution in [2.75, 3.05) is 19.3 Å². The summed E-state index contributed by atoms with van der Waals surface area (Å²) in [7, 11) is -3.21. The third-order valence-corrected chi connectivity index (χ3v) is 5.48. The van der Waals surface area contributed by atoms with Crippen molar-refractivity contribution in [2.45, 2.75) is 38.1 Å². The summed E-state index contributed by atoms with van der Waals surface area (Å²) in [4.78, 5) is 4.91. The lowest BCUT2D eigenvalue weighted by molar-refractivity contribution is 0.601. The van der Waals surface area contributed by atoms with E-state index in [0.717, 1.165) is 36.1 Å². The molecule has 0 aliphatic heterocycles. The third kappa shape index (κ3) is 6.96. The van der Waals surface area contributed by atoms with Gasteiger partial charge in [0.2, 0.25) is 0 Å². The molecule has 0 heterocycles. The number of benzene rings is 2. The molecule has 0 aliphatic rings. The molecule has 152 valence electrons. The lowest BCUT2D eigenvalue weighted by atomic mass is 10.1. The van der Waals surface area contributed by atoms with E-state index < -0.39 is 9.84 Å². The highest BCUT2D eigenvalue weighted by Gasteiger charge is 2.10. The fourth-order valence-corrected chi connectivity index (χ4v) is 3.89. The van der Waals surface area contributed by atoms with Crippen molar-refractivity contribution in [3.63, 3.8) is 0 Å². The number of guanidine groups is 1.